The van der Waals surface area contributed by atoms with Crippen molar-refractivity contribution in [2.45, 2.75) is 52.0 Å². The van der Waals surface area contributed by atoms with Crippen LogP contribution in [0.15, 0.2) is 196 Å². The number of hydrogen-bond acceptors (Lipinski definition) is 15. The van der Waals surface area contributed by atoms with Crippen molar-refractivity contribution in [3.8, 4) is 28.4 Å². The van der Waals surface area contributed by atoms with Crippen molar-refractivity contribution >= 4 is 121 Å². The number of nitrogens with zero attached hydrogens (tertiary/aromatic N) is 5. The van der Waals surface area contributed by atoms with Crippen LogP contribution < -0.4 is 30.5 Å². The Labute approximate surface area is 544 Å². The molecule has 3 heterocycles. The average Bonchev–Trinajstić information content (AvgIpc) is 1.68. The van der Waals surface area contributed by atoms with E-state index in [9.17, 15) is 42.4 Å². The van der Waals surface area contributed by atoms with Crippen molar-refractivity contribution in [1.29, 1.82) is 0 Å². The third kappa shape index (κ3) is 11.7. The van der Waals surface area contributed by atoms with Gasteiger partial charge in [0.05, 0.1) is 38.5 Å². The van der Waals surface area contributed by atoms with Gasteiger partial charge >= 0.3 is 49.7 Å². The molecule has 0 saturated carbocycles. The minimum Gasteiger partial charge on any atom is -0.870 e. The van der Waals surface area contributed by atoms with Gasteiger partial charge in [-0.1, -0.05) is 96.2 Å². The van der Waals surface area contributed by atoms with Crippen molar-refractivity contribution in [2.75, 3.05) is 41.3 Å². The number of carbonyl (C=O) groups excluding carboxylic acids is 2. The number of benzene rings is 9. The first-order chi connectivity index (χ1) is 42.3. The number of rotatable bonds is 12. The van der Waals surface area contributed by atoms with Crippen LogP contribution in [0.2, 0.25) is 0 Å². The van der Waals surface area contributed by atoms with Gasteiger partial charge in [-0.25, -0.2) is 18.0 Å². The first-order valence-corrected chi connectivity index (χ1v) is 30.1. The molecule has 10 aromatic rings. The Morgan fingerprint density at radius 3 is 1.85 bits per heavy atom. The van der Waals surface area contributed by atoms with Crippen molar-refractivity contribution in [3.05, 3.63) is 236 Å². The maximum absolute atomic E-state index is 13.4. The fourth-order valence-electron chi connectivity index (χ4n) is 11.8. The number of anilines is 4. The van der Waals surface area contributed by atoms with Crippen molar-refractivity contribution < 1.29 is 47.0 Å². The Balaban J connectivity index is 0.000000147. The summed E-state index contributed by atoms with van der Waals surface area (Å²) in [7, 11) is -3.07. The maximum Gasteiger partial charge on any atom is 2.00 e. The maximum atomic E-state index is 13.4. The molecule has 0 bridgehead atoms. The SMILES string of the molecule is CCN(CC)c1ccc2c(c1)Oc1cc(N(CC)CC)ccc1C21OC(=O)c2ccccc21.Cc1ccc(N=Nc2c([O-])c(C(=O)O)cc3ccccc23)c(S(=O)(=O)[O-])c1.Cc1ccc(Nc2ccc3c4c(cc(=O)n3C)-c3ccccc3C(=O)c24)cc1.[Ca+2]. The van der Waals surface area contributed by atoms with Crippen LogP contribution in [0.25, 0.3) is 32.8 Å². The number of azo groups is 1. The van der Waals surface area contributed by atoms with E-state index in [2.05, 4.69) is 89.4 Å². The minimum atomic E-state index is -4.81. The third-order valence-electron chi connectivity index (χ3n) is 16.2. The minimum absolute atomic E-state index is 0. The van der Waals surface area contributed by atoms with Crippen molar-refractivity contribution in [3.63, 3.8) is 0 Å². The summed E-state index contributed by atoms with van der Waals surface area (Å²) in [4.78, 5) is 54.3. The van der Waals surface area contributed by atoms with Gasteiger partial charge in [0.15, 0.2) is 11.4 Å². The number of carboxylic acid groups (broad SMARTS) is 1. The first-order valence-electron chi connectivity index (χ1n) is 28.7. The number of pyridine rings is 1. The summed E-state index contributed by atoms with van der Waals surface area (Å²) in [5, 5.41) is 34.3. The van der Waals surface area contributed by atoms with Crippen LogP contribution in [-0.4, -0.2) is 104 Å². The molecule has 19 heteroatoms. The molecule has 1 aliphatic carbocycles. The number of esters is 1. The van der Waals surface area contributed by atoms with E-state index in [1.165, 1.54) is 23.8 Å². The summed E-state index contributed by atoms with van der Waals surface area (Å²) < 4.78 is 48.7. The van der Waals surface area contributed by atoms with Gasteiger partial charge in [-0.3, -0.25) is 9.59 Å². The molecule has 0 fully saturated rings. The van der Waals surface area contributed by atoms with Crippen LogP contribution >= 0.6 is 0 Å². The van der Waals surface area contributed by atoms with E-state index in [4.69, 9.17) is 9.47 Å². The Hall–Kier alpha value is -9.17. The number of fused-ring (bicyclic) bond motifs is 9. The number of hydrogen-bond donors (Lipinski definition) is 2. The van der Waals surface area contributed by atoms with E-state index in [1.54, 1.807) is 48.9 Å². The number of ketones is 1. The molecular formula is C70H60CaN6O11S. The van der Waals surface area contributed by atoms with Gasteiger partial charge in [-0.15, -0.1) is 5.11 Å². The predicted molar refractivity (Wildman–Crippen MR) is 344 cm³/mol. The number of nitrogens with one attached hydrogen (secondary N) is 1. The molecule has 2 aliphatic heterocycles. The van der Waals surface area contributed by atoms with Gasteiger partial charge in [0.1, 0.15) is 27.3 Å². The molecule has 13 rings (SSSR count). The molecule has 9 aromatic carbocycles. The topological polar surface area (TPSA) is 235 Å². The second-order valence-electron chi connectivity index (χ2n) is 21.4. The molecule has 1 spiro atoms. The van der Waals surface area contributed by atoms with Gasteiger partial charge in [0.2, 0.25) is 0 Å². The zero-order valence-electron chi connectivity index (χ0n) is 50.0. The molecular weight excluding hydrogens is 1170 g/mol. The van der Waals surface area contributed by atoms with Gasteiger partial charge in [-0.2, -0.15) is 5.11 Å². The van der Waals surface area contributed by atoms with Gasteiger partial charge in [-0.05, 0) is 136 Å². The molecule has 2 N–H and O–H groups in total. The summed E-state index contributed by atoms with van der Waals surface area (Å²) in [6.07, 6.45) is 0. The van der Waals surface area contributed by atoms with E-state index < -0.39 is 37.9 Å². The number of aromatic nitrogens is 1. The summed E-state index contributed by atoms with van der Waals surface area (Å²) in [6, 6.07) is 52.8. The quantitative estimate of drug-likeness (QED) is 0.0501. The van der Waals surface area contributed by atoms with Crippen LogP contribution in [0, 0.1) is 13.8 Å². The fourth-order valence-corrected chi connectivity index (χ4v) is 12.4. The number of carboxylic acids is 1. The second-order valence-corrected chi connectivity index (χ2v) is 22.7. The molecule has 3 aliphatic rings. The Bertz CT molecular complexity index is 4630. The number of aromatic carboxylic acids is 1. The van der Waals surface area contributed by atoms with Crippen LogP contribution in [0.3, 0.4) is 0 Å². The van der Waals surface area contributed by atoms with Crippen LogP contribution in [-0.2, 0) is 27.5 Å². The molecule has 0 unspecified atom stereocenters. The predicted octanol–water partition coefficient (Wildman–Crippen LogP) is 13.6. The van der Waals surface area contributed by atoms with E-state index in [-0.39, 0.29) is 66.4 Å². The largest absolute Gasteiger partial charge is 2.00 e. The van der Waals surface area contributed by atoms with Gasteiger partial charge in [0, 0.05) is 102 Å². The smallest absolute Gasteiger partial charge is 0.870 e. The van der Waals surface area contributed by atoms with Crippen LogP contribution in [0.4, 0.5) is 34.1 Å². The molecule has 1 aromatic heterocycles. The molecule has 0 atom stereocenters. The third-order valence-corrected chi connectivity index (χ3v) is 17.1. The number of aryl methyl sites for hydroxylation is 3. The van der Waals surface area contributed by atoms with E-state index >= 15 is 0 Å². The Morgan fingerprint density at radius 2 is 1.24 bits per heavy atom. The summed E-state index contributed by atoms with van der Waals surface area (Å²) >= 11 is 0. The fraction of sp³-hybridized carbons (Fsp3) is 0.171. The monoisotopic (exact) mass is 1230 g/mol. The standard InChI is InChI=1S/C28H30N2O3.C24H18N2O2.C18H14N2O6S.Ca/c1-5-29(6-2)19-13-15-23-25(17-19)32-26-18-20(30(7-3)8-4)14-16-24(26)28(23)22-12-10-9-11-21(22)27(31)33-28;1-14-7-9-15(10-8-14)25-19-11-12-20-22-18(13-21(27)26(20)2)16-5-3-4-6-17(16)24(28)23(19)22;1-10-6-7-14(15(8-10)27(24,25)26)19-20-16-12-5-3-2-4-11(12)9-13(17(16)21)18(22)23;/h9-18H,5-8H2,1-4H3;3-13,25H,1-2H3;2-9,21H,1H3,(H,22,23)(H,24,25,26);/q;;;+2/p-2. The summed E-state index contributed by atoms with van der Waals surface area (Å²) in [5.74, 6) is -1.14. The Kier molecular flexibility index (Phi) is 18.0. The van der Waals surface area contributed by atoms with Crippen molar-refractivity contribution in [2.24, 2.45) is 17.3 Å². The Morgan fingerprint density at radius 1 is 0.652 bits per heavy atom. The summed E-state index contributed by atoms with van der Waals surface area (Å²) in [6.45, 7) is 15.8. The number of ether oxygens (including phenoxy) is 2. The summed E-state index contributed by atoms with van der Waals surface area (Å²) in [5.41, 5.74) is 10.3. The molecule has 17 nitrogen and oxygen atoms in total. The first kappa shape index (κ1) is 62.9. The molecule has 0 radical (unpaired) electrons. The normalized spacial score (nSPS) is 12.9. The van der Waals surface area contributed by atoms with Gasteiger partial charge in [0.25, 0.3) is 5.56 Å². The van der Waals surface area contributed by atoms with Gasteiger partial charge < -0.3 is 43.9 Å². The van der Waals surface area contributed by atoms with Crippen LogP contribution in [0.1, 0.15) is 92.1 Å². The zero-order chi connectivity index (χ0) is 62.3. The molecule has 89 heavy (non-hydrogen) atoms. The molecule has 0 amide bonds. The average molecular weight is 1230 g/mol. The zero-order valence-corrected chi connectivity index (χ0v) is 53.0. The van der Waals surface area contributed by atoms with E-state index in [0.717, 1.165) is 105 Å². The van der Waals surface area contributed by atoms with E-state index in [1.807, 2.05) is 91.9 Å². The van der Waals surface area contributed by atoms with Crippen molar-refractivity contribution in [1.82, 2.24) is 4.57 Å². The molecule has 444 valence electrons. The van der Waals surface area contributed by atoms with E-state index in [0.29, 0.717) is 33.0 Å². The van der Waals surface area contributed by atoms with Crippen LogP contribution in [0.5, 0.6) is 17.2 Å². The molecule has 0 saturated heterocycles. The number of carbonyl (C=O) groups is 3. The second kappa shape index (κ2) is 25.5.